The highest BCUT2D eigenvalue weighted by molar-refractivity contribution is 6.31. The number of ether oxygens (including phenoxy) is 2. The number of amides is 2. The van der Waals surface area contributed by atoms with Crippen molar-refractivity contribution in [2.75, 3.05) is 13.3 Å². The summed E-state index contributed by atoms with van der Waals surface area (Å²) in [7, 11) is 0. The Bertz CT molecular complexity index is 779. The first-order valence-electron chi connectivity index (χ1n) is 7.31. The lowest BCUT2D eigenvalue weighted by Crippen LogP contribution is -2.36. The molecule has 0 spiro atoms. The third-order valence-electron chi connectivity index (χ3n) is 3.48. The molecule has 0 unspecified atom stereocenters. The van der Waals surface area contributed by atoms with E-state index in [1.165, 1.54) is 0 Å². The van der Waals surface area contributed by atoms with Gasteiger partial charge in [0.25, 0.3) is 5.91 Å². The summed E-state index contributed by atoms with van der Waals surface area (Å²) in [6.07, 6.45) is 0. The maximum absolute atomic E-state index is 12.1. The molecule has 7 heteroatoms. The van der Waals surface area contributed by atoms with Crippen LogP contribution in [0.2, 0.25) is 5.02 Å². The Labute approximate surface area is 143 Å². The highest BCUT2D eigenvalue weighted by Crippen LogP contribution is 2.32. The molecule has 0 radical (unpaired) electrons. The topological polar surface area (TPSA) is 76.7 Å². The maximum Gasteiger partial charge on any atom is 0.251 e. The monoisotopic (exact) mass is 346 g/mol. The van der Waals surface area contributed by atoms with Crippen molar-refractivity contribution >= 4 is 23.4 Å². The van der Waals surface area contributed by atoms with Gasteiger partial charge in [0.05, 0.1) is 6.54 Å². The number of fused-ring (bicyclic) bond motifs is 1. The van der Waals surface area contributed by atoms with Gasteiger partial charge in [0, 0.05) is 17.1 Å². The second kappa shape index (κ2) is 7.23. The van der Waals surface area contributed by atoms with Gasteiger partial charge in [-0.1, -0.05) is 29.8 Å². The zero-order chi connectivity index (χ0) is 16.9. The molecule has 2 aromatic carbocycles. The number of hydrogen-bond acceptors (Lipinski definition) is 4. The van der Waals surface area contributed by atoms with Crippen LogP contribution >= 0.6 is 11.6 Å². The Hall–Kier alpha value is -2.73. The lowest BCUT2D eigenvalue weighted by atomic mass is 10.2. The van der Waals surface area contributed by atoms with E-state index in [0.29, 0.717) is 28.6 Å². The van der Waals surface area contributed by atoms with E-state index in [0.717, 1.165) is 5.56 Å². The first-order chi connectivity index (χ1) is 11.6. The normalized spacial score (nSPS) is 11.9. The largest absolute Gasteiger partial charge is 0.454 e. The molecule has 0 aromatic heterocycles. The van der Waals surface area contributed by atoms with Crippen LogP contribution in [0.5, 0.6) is 11.5 Å². The van der Waals surface area contributed by atoms with Crippen LogP contribution in [0.3, 0.4) is 0 Å². The standard InChI is InChI=1S/C17H15ClN2O4/c18-13-4-2-1-3-12(13)8-19-16(21)9-20-17(22)11-5-6-14-15(7-11)24-10-23-14/h1-7H,8-10H2,(H,19,21)(H,20,22). The summed E-state index contributed by atoms with van der Waals surface area (Å²) in [6, 6.07) is 12.1. The molecule has 0 fully saturated rings. The second-order valence-corrected chi connectivity index (χ2v) is 5.53. The van der Waals surface area contributed by atoms with Gasteiger partial charge < -0.3 is 20.1 Å². The van der Waals surface area contributed by atoms with Crippen LogP contribution in [-0.2, 0) is 11.3 Å². The Kier molecular flexibility index (Phi) is 4.86. The molecule has 0 atom stereocenters. The van der Waals surface area contributed by atoms with E-state index in [9.17, 15) is 9.59 Å². The van der Waals surface area contributed by atoms with Gasteiger partial charge in [0.1, 0.15) is 0 Å². The summed E-state index contributed by atoms with van der Waals surface area (Å²) in [6.45, 7) is 0.320. The highest BCUT2D eigenvalue weighted by Gasteiger charge is 2.16. The van der Waals surface area contributed by atoms with Crippen LogP contribution in [0.15, 0.2) is 42.5 Å². The average molecular weight is 347 g/mol. The lowest BCUT2D eigenvalue weighted by Gasteiger charge is -2.08. The van der Waals surface area contributed by atoms with Crippen molar-refractivity contribution in [3.63, 3.8) is 0 Å². The Morgan fingerprint density at radius 2 is 1.83 bits per heavy atom. The molecule has 124 valence electrons. The molecule has 2 N–H and O–H groups in total. The van der Waals surface area contributed by atoms with Crippen LogP contribution < -0.4 is 20.1 Å². The van der Waals surface area contributed by atoms with Crippen molar-refractivity contribution in [1.82, 2.24) is 10.6 Å². The van der Waals surface area contributed by atoms with Crippen molar-refractivity contribution < 1.29 is 19.1 Å². The molecule has 2 aromatic rings. The number of carbonyl (C=O) groups excluding carboxylic acids is 2. The number of benzene rings is 2. The van der Waals surface area contributed by atoms with Crippen molar-refractivity contribution in [3.8, 4) is 11.5 Å². The van der Waals surface area contributed by atoms with Crippen LogP contribution in [0.25, 0.3) is 0 Å². The van der Waals surface area contributed by atoms with E-state index in [2.05, 4.69) is 10.6 Å². The van der Waals surface area contributed by atoms with E-state index >= 15 is 0 Å². The predicted octanol–water partition coefficient (Wildman–Crippen LogP) is 2.11. The molecule has 0 aliphatic carbocycles. The average Bonchev–Trinajstić information content (AvgIpc) is 3.06. The summed E-state index contributed by atoms with van der Waals surface area (Å²) in [5.74, 6) is 0.458. The maximum atomic E-state index is 12.1. The highest BCUT2D eigenvalue weighted by atomic mass is 35.5. The minimum Gasteiger partial charge on any atom is -0.454 e. The number of rotatable bonds is 5. The zero-order valence-electron chi connectivity index (χ0n) is 12.7. The van der Waals surface area contributed by atoms with Gasteiger partial charge in [-0.3, -0.25) is 9.59 Å². The summed E-state index contributed by atoms with van der Waals surface area (Å²) in [5.41, 5.74) is 1.22. The fourth-order valence-corrected chi connectivity index (χ4v) is 2.40. The molecule has 0 bridgehead atoms. The molecule has 1 aliphatic heterocycles. The molecule has 3 rings (SSSR count). The van der Waals surface area contributed by atoms with Gasteiger partial charge in [0.2, 0.25) is 12.7 Å². The fraction of sp³-hybridized carbons (Fsp3) is 0.176. The Morgan fingerprint density at radius 3 is 2.67 bits per heavy atom. The summed E-state index contributed by atoms with van der Waals surface area (Å²) < 4.78 is 10.4. The lowest BCUT2D eigenvalue weighted by molar-refractivity contribution is -0.120. The SMILES string of the molecule is O=C(CNC(=O)c1ccc2c(c1)OCO2)NCc1ccccc1Cl. The van der Waals surface area contributed by atoms with E-state index in [1.807, 2.05) is 18.2 Å². The molecular weight excluding hydrogens is 332 g/mol. The Balaban J connectivity index is 1.49. The molecule has 24 heavy (non-hydrogen) atoms. The van der Waals surface area contributed by atoms with Crippen molar-refractivity contribution in [1.29, 1.82) is 0 Å². The van der Waals surface area contributed by atoms with E-state index in [4.69, 9.17) is 21.1 Å². The van der Waals surface area contributed by atoms with Crippen LogP contribution in [0, 0.1) is 0 Å². The third kappa shape index (κ3) is 3.78. The van der Waals surface area contributed by atoms with Gasteiger partial charge in [-0.2, -0.15) is 0 Å². The van der Waals surface area contributed by atoms with Crippen LogP contribution in [0.4, 0.5) is 0 Å². The molecule has 0 saturated heterocycles. The molecule has 6 nitrogen and oxygen atoms in total. The molecule has 1 aliphatic rings. The number of halogens is 1. The van der Waals surface area contributed by atoms with Crippen molar-refractivity contribution in [2.45, 2.75) is 6.54 Å². The number of carbonyl (C=O) groups is 2. The number of hydrogen-bond donors (Lipinski definition) is 2. The van der Waals surface area contributed by atoms with Crippen molar-refractivity contribution in [3.05, 3.63) is 58.6 Å². The van der Waals surface area contributed by atoms with E-state index in [-0.39, 0.29) is 25.2 Å². The summed E-state index contributed by atoms with van der Waals surface area (Å²) in [5, 5.41) is 5.85. The molecule has 2 amide bonds. The molecule has 1 heterocycles. The minimum atomic E-state index is -0.360. The van der Waals surface area contributed by atoms with Gasteiger partial charge >= 0.3 is 0 Å². The first-order valence-corrected chi connectivity index (χ1v) is 7.69. The van der Waals surface area contributed by atoms with Crippen LogP contribution in [0.1, 0.15) is 15.9 Å². The van der Waals surface area contributed by atoms with E-state index in [1.54, 1.807) is 24.3 Å². The van der Waals surface area contributed by atoms with Crippen LogP contribution in [-0.4, -0.2) is 25.2 Å². The van der Waals surface area contributed by atoms with Gasteiger partial charge in [-0.15, -0.1) is 0 Å². The summed E-state index contributed by atoms with van der Waals surface area (Å²) >= 11 is 6.02. The van der Waals surface area contributed by atoms with E-state index < -0.39 is 0 Å². The predicted molar refractivity (Wildman–Crippen MR) is 88.2 cm³/mol. The molecule has 0 saturated carbocycles. The first kappa shape index (κ1) is 16.1. The smallest absolute Gasteiger partial charge is 0.251 e. The third-order valence-corrected chi connectivity index (χ3v) is 3.85. The fourth-order valence-electron chi connectivity index (χ4n) is 2.20. The van der Waals surface area contributed by atoms with Gasteiger partial charge in [-0.25, -0.2) is 0 Å². The number of nitrogens with one attached hydrogen (secondary N) is 2. The van der Waals surface area contributed by atoms with Gasteiger partial charge in [0.15, 0.2) is 11.5 Å². The summed E-state index contributed by atoms with van der Waals surface area (Å²) in [4.78, 5) is 23.9. The van der Waals surface area contributed by atoms with Crippen molar-refractivity contribution in [2.24, 2.45) is 0 Å². The zero-order valence-corrected chi connectivity index (χ0v) is 13.4. The second-order valence-electron chi connectivity index (χ2n) is 5.12. The minimum absolute atomic E-state index is 0.127. The quantitative estimate of drug-likeness (QED) is 0.869. The van der Waals surface area contributed by atoms with Gasteiger partial charge in [-0.05, 0) is 29.8 Å². The molecular formula is C17H15ClN2O4. The Morgan fingerprint density at radius 1 is 1.04 bits per heavy atom.